The SMILES string of the molecule is COc1ccc(CCNS(=O)(=O)C2C=[N+](C)C(=O)N(C)C2=O)cc1. The molecule has 1 aliphatic heterocycles. The molecule has 3 amide bonds. The van der Waals surface area contributed by atoms with Crippen LogP contribution in [0.25, 0.3) is 0 Å². The molecule has 8 nitrogen and oxygen atoms in total. The summed E-state index contributed by atoms with van der Waals surface area (Å²) in [6.45, 7) is 0.146. The Morgan fingerprint density at radius 2 is 1.88 bits per heavy atom. The molecule has 0 saturated carbocycles. The zero-order chi connectivity index (χ0) is 17.9. The Bertz CT molecular complexity index is 771. The third-order valence-electron chi connectivity index (χ3n) is 3.73. The predicted octanol–water partition coefficient (Wildman–Crippen LogP) is -0.169. The minimum Gasteiger partial charge on any atom is -0.497 e. The molecule has 0 aliphatic carbocycles. The van der Waals surface area contributed by atoms with Gasteiger partial charge in [-0.05, 0) is 24.1 Å². The zero-order valence-corrected chi connectivity index (χ0v) is 14.5. The molecule has 1 heterocycles. The Hall–Kier alpha value is -2.26. The number of nitrogens with one attached hydrogen (secondary N) is 1. The van der Waals surface area contributed by atoms with Crippen LogP contribution in [0.5, 0.6) is 5.75 Å². The van der Waals surface area contributed by atoms with Gasteiger partial charge in [0.25, 0.3) is 0 Å². The Kier molecular flexibility index (Phi) is 5.35. The Morgan fingerprint density at radius 1 is 1.25 bits per heavy atom. The Morgan fingerprint density at radius 3 is 2.46 bits per heavy atom. The largest absolute Gasteiger partial charge is 0.500 e. The van der Waals surface area contributed by atoms with Crippen LogP contribution in [0.1, 0.15) is 5.56 Å². The van der Waals surface area contributed by atoms with Gasteiger partial charge in [-0.15, -0.1) is 0 Å². The van der Waals surface area contributed by atoms with E-state index in [4.69, 9.17) is 4.74 Å². The maximum absolute atomic E-state index is 12.3. The second-order valence-electron chi connectivity index (χ2n) is 5.40. The number of urea groups is 1. The standard InChI is InChI=1S/C15H20N3O5S/c1-17-10-13(14(19)18(2)15(17)20)24(21,22)16-9-8-11-4-6-12(23-3)7-5-11/h4-7,10,13,16H,8-9H2,1-3H3/q+1. The van der Waals surface area contributed by atoms with Gasteiger partial charge in [0.05, 0.1) is 21.2 Å². The highest BCUT2D eigenvalue weighted by atomic mass is 32.2. The molecule has 1 atom stereocenters. The molecule has 0 bridgehead atoms. The van der Waals surface area contributed by atoms with Gasteiger partial charge in [0, 0.05) is 6.54 Å². The maximum Gasteiger partial charge on any atom is 0.500 e. The van der Waals surface area contributed by atoms with Gasteiger partial charge in [0.2, 0.25) is 15.3 Å². The summed E-state index contributed by atoms with van der Waals surface area (Å²) >= 11 is 0. The number of methoxy groups -OCH3 is 1. The van der Waals surface area contributed by atoms with E-state index in [1.54, 1.807) is 19.2 Å². The molecule has 0 spiro atoms. The van der Waals surface area contributed by atoms with Crippen molar-refractivity contribution >= 4 is 28.2 Å². The lowest BCUT2D eigenvalue weighted by Crippen LogP contribution is -2.55. The van der Waals surface area contributed by atoms with Gasteiger partial charge in [0.15, 0.2) is 0 Å². The van der Waals surface area contributed by atoms with Crippen LogP contribution >= 0.6 is 0 Å². The van der Waals surface area contributed by atoms with E-state index in [1.165, 1.54) is 14.1 Å². The van der Waals surface area contributed by atoms with E-state index in [9.17, 15) is 18.0 Å². The summed E-state index contributed by atoms with van der Waals surface area (Å²) < 4.78 is 33.2. The summed E-state index contributed by atoms with van der Waals surface area (Å²) in [6, 6.07) is 6.69. The molecule has 1 aliphatic rings. The molecule has 1 aromatic rings. The molecule has 24 heavy (non-hydrogen) atoms. The molecular formula is C15H20N3O5S+. The highest BCUT2D eigenvalue weighted by Gasteiger charge is 2.45. The van der Waals surface area contributed by atoms with E-state index in [0.717, 1.165) is 27.0 Å². The third-order valence-corrected chi connectivity index (χ3v) is 5.33. The van der Waals surface area contributed by atoms with Gasteiger partial charge < -0.3 is 4.74 Å². The summed E-state index contributed by atoms with van der Waals surface area (Å²) in [5, 5.41) is -1.42. The number of sulfonamides is 1. The van der Waals surface area contributed by atoms with E-state index in [0.29, 0.717) is 6.42 Å². The average Bonchev–Trinajstić information content (AvgIpc) is 2.56. The summed E-state index contributed by atoms with van der Waals surface area (Å²) in [4.78, 5) is 24.5. The van der Waals surface area contributed by atoms with E-state index in [-0.39, 0.29) is 6.54 Å². The number of imide groups is 1. The normalized spacial score (nSPS) is 18.5. The van der Waals surface area contributed by atoms with Crippen molar-refractivity contribution in [3.8, 4) is 5.75 Å². The lowest BCUT2D eigenvalue weighted by atomic mass is 10.1. The number of carbonyl (C=O) groups is 2. The first-order chi connectivity index (χ1) is 11.3. The van der Waals surface area contributed by atoms with Gasteiger partial charge >= 0.3 is 11.9 Å². The van der Waals surface area contributed by atoms with Crippen molar-refractivity contribution in [1.29, 1.82) is 0 Å². The zero-order valence-electron chi connectivity index (χ0n) is 13.7. The smallest absolute Gasteiger partial charge is 0.497 e. The van der Waals surface area contributed by atoms with Gasteiger partial charge in [-0.1, -0.05) is 12.1 Å². The van der Waals surface area contributed by atoms with Crippen LogP contribution in [0, 0.1) is 0 Å². The first kappa shape index (κ1) is 18.1. The average molecular weight is 354 g/mol. The fraction of sp³-hybridized carbons (Fsp3) is 0.400. The third kappa shape index (κ3) is 3.80. The first-order valence-electron chi connectivity index (χ1n) is 7.27. The maximum atomic E-state index is 12.3. The second kappa shape index (κ2) is 7.10. The molecule has 130 valence electrons. The lowest BCUT2D eigenvalue weighted by molar-refractivity contribution is -0.399. The molecule has 0 fully saturated rings. The number of carbonyl (C=O) groups excluding carboxylic acids is 2. The fourth-order valence-electron chi connectivity index (χ4n) is 2.28. The van der Waals surface area contributed by atoms with E-state index in [2.05, 4.69) is 4.72 Å². The Balaban J connectivity index is 2.03. The molecular weight excluding hydrogens is 334 g/mol. The van der Waals surface area contributed by atoms with Crippen LogP contribution in [0.2, 0.25) is 0 Å². The minimum absolute atomic E-state index is 0.146. The van der Waals surface area contributed by atoms with Crippen molar-refractivity contribution in [2.24, 2.45) is 0 Å². The van der Waals surface area contributed by atoms with Crippen molar-refractivity contribution in [3.05, 3.63) is 29.8 Å². The van der Waals surface area contributed by atoms with Gasteiger partial charge in [-0.25, -0.2) is 22.5 Å². The van der Waals surface area contributed by atoms with Crippen LogP contribution in [0.4, 0.5) is 4.79 Å². The quantitative estimate of drug-likeness (QED) is 0.716. The number of ether oxygens (including phenoxy) is 1. The highest BCUT2D eigenvalue weighted by molar-refractivity contribution is 7.91. The number of benzene rings is 1. The molecule has 1 unspecified atom stereocenters. The lowest BCUT2D eigenvalue weighted by Gasteiger charge is -2.19. The topological polar surface area (TPSA) is 95.8 Å². The molecule has 0 radical (unpaired) electrons. The summed E-state index contributed by atoms with van der Waals surface area (Å²) in [7, 11) is 0.315. The van der Waals surface area contributed by atoms with Gasteiger partial charge in [-0.2, -0.15) is 9.69 Å². The number of hydrogen-bond acceptors (Lipinski definition) is 5. The monoisotopic (exact) mass is 354 g/mol. The van der Waals surface area contributed by atoms with Crippen LogP contribution in [0.3, 0.4) is 0 Å². The second-order valence-corrected chi connectivity index (χ2v) is 7.28. The van der Waals surface area contributed by atoms with Crippen molar-refractivity contribution in [2.75, 3.05) is 27.7 Å². The van der Waals surface area contributed by atoms with E-state index in [1.807, 2.05) is 12.1 Å². The van der Waals surface area contributed by atoms with Crippen molar-refractivity contribution in [3.63, 3.8) is 0 Å². The van der Waals surface area contributed by atoms with Crippen molar-refractivity contribution in [1.82, 2.24) is 9.62 Å². The first-order valence-corrected chi connectivity index (χ1v) is 8.81. The summed E-state index contributed by atoms with van der Waals surface area (Å²) in [5.74, 6) is -0.0486. The van der Waals surface area contributed by atoms with Crippen molar-refractivity contribution < 1.29 is 27.3 Å². The van der Waals surface area contributed by atoms with Gasteiger partial charge in [0.1, 0.15) is 12.0 Å². The molecule has 2 rings (SSSR count). The number of amides is 3. The molecule has 0 aromatic heterocycles. The fourth-order valence-corrected chi connectivity index (χ4v) is 3.62. The van der Waals surface area contributed by atoms with Crippen LogP contribution < -0.4 is 9.46 Å². The van der Waals surface area contributed by atoms with E-state index >= 15 is 0 Å². The number of hydrogen-bond donors (Lipinski definition) is 1. The highest BCUT2D eigenvalue weighted by Crippen LogP contribution is 2.12. The molecule has 0 saturated heterocycles. The van der Waals surface area contributed by atoms with Crippen LogP contribution in [-0.4, -0.2) is 69.0 Å². The number of nitrogens with zero attached hydrogens (tertiary/aromatic N) is 2. The van der Waals surface area contributed by atoms with E-state index < -0.39 is 27.2 Å². The molecule has 1 aromatic carbocycles. The number of rotatable bonds is 6. The summed E-state index contributed by atoms with van der Waals surface area (Å²) in [5.41, 5.74) is 0.932. The van der Waals surface area contributed by atoms with Crippen LogP contribution in [0.15, 0.2) is 24.3 Å². The van der Waals surface area contributed by atoms with Gasteiger partial charge in [-0.3, -0.25) is 0 Å². The molecule has 9 heteroatoms. The predicted molar refractivity (Wildman–Crippen MR) is 87.8 cm³/mol. The molecule has 1 N–H and O–H groups in total. The minimum atomic E-state index is -3.92. The summed E-state index contributed by atoms with van der Waals surface area (Å²) in [6.07, 6.45) is 1.58. The van der Waals surface area contributed by atoms with Crippen LogP contribution in [-0.2, 0) is 21.2 Å². The van der Waals surface area contributed by atoms with Crippen molar-refractivity contribution in [2.45, 2.75) is 11.7 Å². The Labute approximate surface area is 140 Å².